The molecule has 3 rings (SSSR count). The molecule has 0 aromatic carbocycles. The third-order valence-electron chi connectivity index (χ3n) is 3.43. The van der Waals surface area contributed by atoms with Crippen molar-refractivity contribution in [1.29, 1.82) is 0 Å². The highest BCUT2D eigenvalue weighted by Gasteiger charge is 2.50. The lowest BCUT2D eigenvalue weighted by Gasteiger charge is -2.03. The van der Waals surface area contributed by atoms with Crippen LogP contribution in [0.25, 0.3) is 11.0 Å². The average Bonchev–Trinajstić information content (AvgIpc) is 2.59. The second-order valence-electron chi connectivity index (χ2n) is 5.23. The summed E-state index contributed by atoms with van der Waals surface area (Å²) in [5.41, 5.74) is 1.13. The SMILES string of the molecule is CC1(C)CC1C(=O)Nc1cc2cc[nH]c2[nH]1. The molecule has 0 spiro atoms. The molecule has 2 aromatic rings. The number of H-pyrrole nitrogens is 2. The van der Waals surface area contributed by atoms with Gasteiger partial charge in [0.25, 0.3) is 0 Å². The first kappa shape index (κ1) is 9.51. The van der Waals surface area contributed by atoms with E-state index in [0.717, 1.165) is 23.3 Å². The van der Waals surface area contributed by atoms with Gasteiger partial charge in [-0.15, -0.1) is 0 Å². The normalized spacial score (nSPS) is 22.2. The number of nitrogens with one attached hydrogen (secondary N) is 3. The van der Waals surface area contributed by atoms with E-state index in [0.29, 0.717) is 0 Å². The second kappa shape index (κ2) is 2.90. The van der Waals surface area contributed by atoms with Crippen molar-refractivity contribution in [2.24, 2.45) is 11.3 Å². The zero-order valence-corrected chi connectivity index (χ0v) is 9.42. The summed E-state index contributed by atoms with van der Waals surface area (Å²) in [4.78, 5) is 18.0. The largest absolute Gasteiger partial charge is 0.348 e. The Balaban J connectivity index is 1.75. The van der Waals surface area contributed by atoms with Crippen LogP contribution in [0.15, 0.2) is 18.3 Å². The third kappa shape index (κ3) is 1.41. The van der Waals surface area contributed by atoms with Crippen molar-refractivity contribution in [3.8, 4) is 0 Å². The van der Waals surface area contributed by atoms with E-state index >= 15 is 0 Å². The molecule has 3 N–H and O–H groups in total. The molecule has 0 saturated heterocycles. The van der Waals surface area contributed by atoms with Gasteiger partial charge in [0.15, 0.2) is 0 Å². The fourth-order valence-electron chi connectivity index (χ4n) is 2.14. The number of carbonyl (C=O) groups is 1. The number of hydrogen-bond donors (Lipinski definition) is 3. The molecule has 0 aliphatic heterocycles. The summed E-state index contributed by atoms with van der Waals surface area (Å²) in [7, 11) is 0. The molecule has 1 aliphatic carbocycles. The third-order valence-corrected chi connectivity index (χ3v) is 3.43. The Morgan fingerprint density at radius 1 is 1.56 bits per heavy atom. The quantitative estimate of drug-likeness (QED) is 0.711. The van der Waals surface area contributed by atoms with Gasteiger partial charge >= 0.3 is 0 Å². The molecule has 4 nitrogen and oxygen atoms in total. The van der Waals surface area contributed by atoms with E-state index in [4.69, 9.17) is 0 Å². The van der Waals surface area contributed by atoms with Gasteiger partial charge in [-0.25, -0.2) is 0 Å². The van der Waals surface area contributed by atoms with Crippen molar-refractivity contribution in [2.75, 3.05) is 5.32 Å². The van der Waals surface area contributed by atoms with Gasteiger partial charge in [0, 0.05) is 17.5 Å². The number of anilines is 1. The van der Waals surface area contributed by atoms with E-state index in [1.54, 1.807) is 0 Å². The Morgan fingerprint density at radius 2 is 2.31 bits per heavy atom. The van der Waals surface area contributed by atoms with Gasteiger partial charge in [-0.05, 0) is 24.0 Å². The van der Waals surface area contributed by atoms with Gasteiger partial charge in [0.05, 0.1) is 0 Å². The van der Waals surface area contributed by atoms with E-state index in [-0.39, 0.29) is 17.2 Å². The van der Waals surface area contributed by atoms with Crippen molar-refractivity contribution in [1.82, 2.24) is 9.97 Å². The van der Waals surface area contributed by atoms with Crippen LogP contribution < -0.4 is 5.32 Å². The van der Waals surface area contributed by atoms with Crippen LogP contribution in [-0.4, -0.2) is 15.9 Å². The molecule has 1 fully saturated rings. The fraction of sp³-hybridized carbons (Fsp3) is 0.417. The van der Waals surface area contributed by atoms with Crippen LogP contribution in [0.5, 0.6) is 0 Å². The smallest absolute Gasteiger partial charge is 0.229 e. The summed E-state index contributed by atoms with van der Waals surface area (Å²) >= 11 is 0. The molecule has 4 heteroatoms. The summed E-state index contributed by atoms with van der Waals surface area (Å²) in [6.07, 6.45) is 2.86. The summed E-state index contributed by atoms with van der Waals surface area (Å²) in [5, 5.41) is 4.01. The van der Waals surface area contributed by atoms with E-state index < -0.39 is 0 Å². The van der Waals surface area contributed by atoms with Crippen LogP contribution in [0.2, 0.25) is 0 Å². The molecule has 2 aromatic heterocycles. The highest BCUT2D eigenvalue weighted by Crippen LogP contribution is 2.51. The van der Waals surface area contributed by atoms with Crippen molar-refractivity contribution in [3.05, 3.63) is 18.3 Å². The standard InChI is InChI=1S/C12H15N3O/c1-12(2)6-8(12)11(16)15-9-5-7-3-4-13-10(7)14-9/h3-5,8,13-14H,6H2,1-2H3,(H,15,16). The number of aromatic nitrogens is 2. The van der Waals surface area contributed by atoms with Gasteiger partial charge < -0.3 is 15.3 Å². The average molecular weight is 217 g/mol. The van der Waals surface area contributed by atoms with Crippen LogP contribution in [0.3, 0.4) is 0 Å². The minimum Gasteiger partial charge on any atom is -0.348 e. The number of amides is 1. The Kier molecular flexibility index (Phi) is 1.73. The lowest BCUT2D eigenvalue weighted by Crippen LogP contribution is -2.16. The van der Waals surface area contributed by atoms with Crippen molar-refractivity contribution in [2.45, 2.75) is 20.3 Å². The van der Waals surface area contributed by atoms with Gasteiger partial charge in [-0.3, -0.25) is 4.79 Å². The summed E-state index contributed by atoms with van der Waals surface area (Å²) in [6, 6.07) is 3.92. The van der Waals surface area contributed by atoms with Gasteiger partial charge in [-0.2, -0.15) is 0 Å². The van der Waals surface area contributed by atoms with Crippen molar-refractivity contribution < 1.29 is 4.79 Å². The Hall–Kier alpha value is -1.71. The zero-order chi connectivity index (χ0) is 11.3. The first-order chi connectivity index (χ1) is 7.56. The minimum atomic E-state index is 0.119. The zero-order valence-electron chi connectivity index (χ0n) is 9.42. The summed E-state index contributed by atoms with van der Waals surface area (Å²) < 4.78 is 0. The van der Waals surface area contributed by atoms with E-state index in [2.05, 4.69) is 29.1 Å². The molecule has 1 amide bonds. The Morgan fingerprint density at radius 3 is 2.94 bits per heavy atom. The van der Waals surface area contributed by atoms with E-state index in [9.17, 15) is 4.79 Å². The van der Waals surface area contributed by atoms with Gasteiger partial charge in [-0.1, -0.05) is 13.8 Å². The maximum Gasteiger partial charge on any atom is 0.229 e. The van der Waals surface area contributed by atoms with Crippen LogP contribution in [0.4, 0.5) is 5.82 Å². The first-order valence-electron chi connectivity index (χ1n) is 5.53. The molecule has 84 valence electrons. The molecule has 1 saturated carbocycles. The van der Waals surface area contributed by atoms with Crippen molar-refractivity contribution >= 4 is 22.8 Å². The lowest BCUT2D eigenvalue weighted by molar-refractivity contribution is -0.118. The number of carbonyl (C=O) groups excluding carboxylic acids is 1. The monoisotopic (exact) mass is 217 g/mol. The second-order valence-corrected chi connectivity index (χ2v) is 5.23. The van der Waals surface area contributed by atoms with E-state index in [1.165, 1.54) is 0 Å². The maximum absolute atomic E-state index is 11.8. The molecule has 0 radical (unpaired) electrons. The lowest BCUT2D eigenvalue weighted by atomic mass is 10.1. The topological polar surface area (TPSA) is 60.7 Å². The Bertz CT molecular complexity index is 521. The predicted molar refractivity (Wildman–Crippen MR) is 63.2 cm³/mol. The molecule has 0 bridgehead atoms. The van der Waals surface area contributed by atoms with Crippen LogP contribution in [0.1, 0.15) is 20.3 Å². The molecule has 1 atom stereocenters. The van der Waals surface area contributed by atoms with Gasteiger partial charge in [0.2, 0.25) is 5.91 Å². The highest BCUT2D eigenvalue weighted by molar-refractivity contribution is 5.96. The van der Waals surface area contributed by atoms with Gasteiger partial charge in [0.1, 0.15) is 11.5 Å². The highest BCUT2D eigenvalue weighted by atomic mass is 16.2. The molecule has 1 aliphatic rings. The molecular formula is C12H15N3O. The molecule has 16 heavy (non-hydrogen) atoms. The van der Waals surface area contributed by atoms with Crippen molar-refractivity contribution in [3.63, 3.8) is 0 Å². The van der Waals surface area contributed by atoms with Crippen LogP contribution >= 0.6 is 0 Å². The minimum absolute atomic E-state index is 0.119. The number of fused-ring (bicyclic) bond motifs is 1. The Labute approximate surface area is 93.4 Å². The molecule has 1 unspecified atom stereocenters. The fourth-order valence-corrected chi connectivity index (χ4v) is 2.14. The van der Waals surface area contributed by atoms with E-state index in [1.807, 2.05) is 18.3 Å². The molecule has 2 heterocycles. The summed E-state index contributed by atoms with van der Waals surface area (Å²) in [6.45, 7) is 4.24. The number of rotatable bonds is 2. The summed E-state index contributed by atoms with van der Waals surface area (Å²) in [5.74, 6) is 1.05. The maximum atomic E-state index is 11.8. The van der Waals surface area contributed by atoms with Crippen LogP contribution in [0, 0.1) is 11.3 Å². The first-order valence-corrected chi connectivity index (χ1v) is 5.53. The predicted octanol–water partition coefficient (Wildman–Crippen LogP) is 2.48. The number of hydrogen-bond acceptors (Lipinski definition) is 1. The number of aromatic amines is 2. The molecular weight excluding hydrogens is 202 g/mol. The van der Waals surface area contributed by atoms with Crippen LogP contribution in [-0.2, 0) is 4.79 Å².